The summed E-state index contributed by atoms with van der Waals surface area (Å²) in [6, 6.07) is 7.55. The molecule has 0 aliphatic rings. The highest BCUT2D eigenvalue weighted by Gasteiger charge is 2.37. The number of halogens is 4. The molecule has 0 fully saturated rings. The van der Waals surface area contributed by atoms with Gasteiger partial charge in [0, 0.05) is 5.02 Å². The minimum Gasteiger partial charge on any atom is -0.366 e. The molecule has 0 aliphatic carbocycles. The van der Waals surface area contributed by atoms with Gasteiger partial charge in [-0.05, 0) is 30.3 Å². The number of carbonyl (C=O) groups excluding carboxylic acids is 1. The van der Waals surface area contributed by atoms with E-state index in [1.54, 1.807) is 0 Å². The molecular formula is C14H10ClF3N2O3S. The number of carbonyl (C=O) groups is 1. The molecule has 0 saturated carbocycles. The topological polar surface area (TPSA) is 89.3 Å². The van der Waals surface area contributed by atoms with E-state index in [0.717, 1.165) is 12.1 Å². The van der Waals surface area contributed by atoms with E-state index in [9.17, 15) is 26.4 Å². The van der Waals surface area contributed by atoms with Crippen LogP contribution in [-0.4, -0.2) is 14.3 Å². The Hall–Kier alpha value is -2.26. The lowest BCUT2D eigenvalue weighted by molar-refractivity contribution is -0.139. The molecule has 0 unspecified atom stereocenters. The highest BCUT2D eigenvalue weighted by Crippen LogP contribution is 2.36. The van der Waals surface area contributed by atoms with Crippen molar-refractivity contribution in [3.63, 3.8) is 0 Å². The molecule has 2 rings (SSSR count). The third-order valence-electron chi connectivity index (χ3n) is 2.97. The van der Waals surface area contributed by atoms with Crippen molar-refractivity contribution in [3.8, 4) is 0 Å². The van der Waals surface area contributed by atoms with Gasteiger partial charge in [0.05, 0.1) is 21.7 Å². The number of nitrogens with one attached hydrogen (secondary N) is 1. The lowest BCUT2D eigenvalue weighted by atomic mass is 10.2. The van der Waals surface area contributed by atoms with Crippen molar-refractivity contribution in [1.29, 1.82) is 0 Å². The van der Waals surface area contributed by atoms with Crippen molar-refractivity contribution in [3.05, 3.63) is 58.6 Å². The van der Waals surface area contributed by atoms with Gasteiger partial charge in [-0.25, -0.2) is 8.42 Å². The standard InChI is InChI=1S/C14H10ClF3N2O3S/c15-8-5-6-12(10(7-8)14(16,17)18)24(22,23)20-11-4-2-1-3-9(11)13(19)21/h1-7,20H,(H2,19,21). The maximum atomic E-state index is 13.1. The van der Waals surface area contributed by atoms with E-state index >= 15 is 0 Å². The molecule has 0 radical (unpaired) electrons. The van der Waals surface area contributed by atoms with Gasteiger partial charge >= 0.3 is 6.18 Å². The maximum Gasteiger partial charge on any atom is 0.417 e. The number of rotatable bonds is 4. The fraction of sp³-hybridized carbons (Fsp3) is 0.0714. The van der Waals surface area contributed by atoms with Crippen LogP contribution in [0.5, 0.6) is 0 Å². The molecule has 0 heterocycles. The first-order valence-corrected chi connectivity index (χ1v) is 8.17. The van der Waals surface area contributed by atoms with Crippen molar-refractivity contribution < 1.29 is 26.4 Å². The van der Waals surface area contributed by atoms with Crippen molar-refractivity contribution in [2.75, 3.05) is 4.72 Å². The van der Waals surface area contributed by atoms with Gasteiger partial charge in [0.2, 0.25) is 0 Å². The first-order chi connectivity index (χ1) is 11.0. The molecule has 5 nitrogen and oxygen atoms in total. The Bertz CT molecular complexity index is 898. The Morgan fingerprint density at radius 1 is 1.12 bits per heavy atom. The van der Waals surface area contributed by atoms with Crippen LogP contribution in [-0.2, 0) is 16.2 Å². The predicted molar refractivity (Wildman–Crippen MR) is 82.2 cm³/mol. The molecule has 0 atom stereocenters. The fourth-order valence-corrected chi connectivity index (χ4v) is 3.41. The molecule has 1 amide bonds. The molecule has 24 heavy (non-hydrogen) atoms. The molecule has 3 N–H and O–H groups in total. The average molecular weight is 379 g/mol. The second-order valence-electron chi connectivity index (χ2n) is 4.65. The van der Waals surface area contributed by atoms with Crippen LogP contribution in [0.4, 0.5) is 18.9 Å². The molecular weight excluding hydrogens is 369 g/mol. The highest BCUT2D eigenvalue weighted by molar-refractivity contribution is 7.92. The molecule has 128 valence electrons. The summed E-state index contributed by atoms with van der Waals surface area (Å²) in [5.74, 6) is -0.930. The zero-order chi connectivity index (χ0) is 18.1. The van der Waals surface area contributed by atoms with Gasteiger partial charge in [-0.3, -0.25) is 9.52 Å². The second-order valence-corrected chi connectivity index (χ2v) is 6.74. The summed E-state index contributed by atoms with van der Waals surface area (Å²) in [6.07, 6.45) is -4.93. The number of nitrogens with two attached hydrogens (primary N) is 1. The summed E-state index contributed by atoms with van der Waals surface area (Å²) in [7, 11) is -4.64. The number of hydrogen-bond acceptors (Lipinski definition) is 3. The Balaban J connectivity index is 2.56. The van der Waals surface area contributed by atoms with Crippen LogP contribution in [0.3, 0.4) is 0 Å². The maximum absolute atomic E-state index is 13.1. The van der Waals surface area contributed by atoms with E-state index in [0.29, 0.717) is 6.07 Å². The molecule has 0 spiro atoms. The Morgan fingerprint density at radius 3 is 2.33 bits per heavy atom. The highest BCUT2D eigenvalue weighted by atomic mass is 35.5. The smallest absolute Gasteiger partial charge is 0.366 e. The van der Waals surface area contributed by atoms with Crippen LogP contribution in [0.25, 0.3) is 0 Å². The Morgan fingerprint density at radius 2 is 1.75 bits per heavy atom. The van der Waals surface area contributed by atoms with Crippen LogP contribution in [0.2, 0.25) is 5.02 Å². The SMILES string of the molecule is NC(=O)c1ccccc1NS(=O)(=O)c1ccc(Cl)cc1C(F)(F)F. The van der Waals surface area contributed by atoms with Gasteiger partial charge < -0.3 is 5.73 Å². The number of hydrogen-bond donors (Lipinski definition) is 2. The summed E-state index contributed by atoms with van der Waals surface area (Å²) >= 11 is 5.52. The lowest BCUT2D eigenvalue weighted by Crippen LogP contribution is -2.21. The lowest BCUT2D eigenvalue weighted by Gasteiger charge is -2.15. The molecule has 0 saturated heterocycles. The first kappa shape index (κ1) is 18.1. The van der Waals surface area contributed by atoms with E-state index in [2.05, 4.69) is 0 Å². The number of para-hydroxylation sites is 1. The number of benzene rings is 2. The predicted octanol–water partition coefficient (Wildman–Crippen LogP) is 3.26. The third-order valence-corrected chi connectivity index (χ3v) is 4.63. The minimum absolute atomic E-state index is 0.177. The molecule has 0 bridgehead atoms. The number of sulfonamides is 1. The van der Waals surface area contributed by atoms with Gasteiger partial charge in [-0.1, -0.05) is 23.7 Å². The summed E-state index contributed by atoms with van der Waals surface area (Å²) in [6.45, 7) is 0. The largest absolute Gasteiger partial charge is 0.417 e. The number of primary amides is 1. The van der Waals surface area contributed by atoms with Gasteiger partial charge in [0.25, 0.3) is 15.9 Å². The summed E-state index contributed by atoms with van der Waals surface area (Å²) < 4.78 is 65.9. The van der Waals surface area contributed by atoms with Gasteiger partial charge in [0.15, 0.2) is 0 Å². The molecule has 2 aromatic rings. The van der Waals surface area contributed by atoms with Crippen molar-refractivity contribution in [1.82, 2.24) is 0 Å². The quantitative estimate of drug-likeness (QED) is 0.855. The zero-order valence-electron chi connectivity index (χ0n) is 11.8. The molecule has 2 aromatic carbocycles. The number of alkyl halides is 3. The summed E-state index contributed by atoms with van der Waals surface area (Å²) in [4.78, 5) is 10.3. The Kier molecular flexibility index (Phi) is 4.77. The van der Waals surface area contributed by atoms with E-state index in [-0.39, 0.29) is 16.3 Å². The number of anilines is 1. The van der Waals surface area contributed by atoms with Crippen LogP contribution < -0.4 is 10.5 Å². The zero-order valence-corrected chi connectivity index (χ0v) is 13.3. The van der Waals surface area contributed by atoms with Crippen molar-refractivity contribution in [2.24, 2.45) is 5.73 Å². The van der Waals surface area contributed by atoms with Crippen LogP contribution in [0.15, 0.2) is 47.4 Å². The van der Waals surface area contributed by atoms with E-state index in [1.165, 1.54) is 24.3 Å². The van der Waals surface area contributed by atoms with Crippen LogP contribution >= 0.6 is 11.6 Å². The van der Waals surface area contributed by atoms with Crippen LogP contribution in [0.1, 0.15) is 15.9 Å². The summed E-state index contributed by atoms with van der Waals surface area (Å²) in [5.41, 5.74) is 3.30. The third kappa shape index (κ3) is 3.80. The van der Waals surface area contributed by atoms with Crippen LogP contribution in [0, 0.1) is 0 Å². The monoisotopic (exact) mass is 378 g/mol. The summed E-state index contributed by atoms with van der Waals surface area (Å²) in [5, 5.41) is -0.265. The normalized spacial score (nSPS) is 12.0. The molecule has 0 aliphatic heterocycles. The van der Waals surface area contributed by atoms with E-state index in [1.807, 2.05) is 4.72 Å². The molecule has 10 heteroatoms. The second kappa shape index (κ2) is 6.33. The minimum atomic E-state index is -4.93. The Labute approximate surface area is 140 Å². The van der Waals surface area contributed by atoms with Gasteiger partial charge in [0.1, 0.15) is 0 Å². The van der Waals surface area contributed by atoms with E-state index < -0.39 is 32.6 Å². The molecule has 0 aromatic heterocycles. The first-order valence-electron chi connectivity index (χ1n) is 6.31. The van der Waals surface area contributed by atoms with Crippen molar-refractivity contribution >= 4 is 33.2 Å². The fourth-order valence-electron chi connectivity index (χ4n) is 1.94. The van der Waals surface area contributed by atoms with Gasteiger partial charge in [-0.15, -0.1) is 0 Å². The average Bonchev–Trinajstić information content (AvgIpc) is 2.45. The van der Waals surface area contributed by atoms with Crippen molar-refractivity contribution in [2.45, 2.75) is 11.1 Å². The van der Waals surface area contributed by atoms with E-state index in [4.69, 9.17) is 17.3 Å². The number of amides is 1. The van der Waals surface area contributed by atoms with Gasteiger partial charge in [-0.2, -0.15) is 13.2 Å².